The van der Waals surface area contributed by atoms with Crippen LogP contribution in [0.3, 0.4) is 0 Å². The fraction of sp³-hybridized carbons (Fsp3) is 0.609. The molecule has 3 fully saturated rings. The number of carbonyl (C=O) groups is 3. The first-order chi connectivity index (χ1) is 15.0. The molecule has 2 aliphatic heterocycles. The number of carbonyl (C=O) groups excluding carboxylic acids is 3. The third-order valence-corrected chi connectivity index (χ3v) is 6.78. The first-order valence-corrected chi connectivity index (χ1v) is 11.3. The minimum atomic E-state index is -0.824. The van der Waals surface area contributed by atoms with E-state index in [-0.39, 0.29) is 18.4 Å². The van der Waals surface area contributed by atoms with Gasteiger partial charge in [0.15, 0.2) is 0 Å². The maximum Gasteiger partial charge on any atom is 0.325 e. The van der Waals surface area contributed by atoms with Gasteiger partial charge in [-0.3, -0.25) is 19.4 Å². The van der Waals surface area contributed by atoms with Crippen LogP contribution < -0.4 is 10.2 Å². The zero-order valence-electron chi connectivity index (χ0n) is 18.2. The van der Waals surface area contributed by atoms with Crippen molar-refractivity contribution in [2.75, 3.05) is 50.8 Å². The number of anilines is 1. The zero-order chi connectivity index (χ0) is 21.8. The van der Waals surface area contributed by atoms with Crippen molar-refractivity contribution in [3.05, 3.63) is 30.3 Å². The van der Waals surface area contributed by atoms with E-state index < -0.39 is 11.6 Å². The van der Waals surface area contributed by atoms with E-state index in [9.17, 15) is 14.4 Å². The second-order valence-electron chi connectivity index (χ2n) is 8.92. The molecule has 1 spiro atoms. The van der Waals surface area contributed by atoms with Crippen molar-refractivity contribution < 1.29 is 19.1 Å². The second kappa shape index (κ2) is 9.36. The summed E-state index contributed by atoms with van der Waals surface area (Å²) in [6, 6.07) is 8.99. The van der Waals surface area contributed by atoms with Gasteiger partial charge in [-0.05, 0) is 43.7 Å². The minimum Gasteiger partial charge on any atom is -0.379 e. The van der Waals surface area contributed by atoms with Crippen LogP contribution in [0.1, 0.15) is 32.6 Å². The Morgan fingerprint density at radius 3 is 2.52 bits per heavy atom. The van der Waals surface area contributed by atoms with E-state index in [1.165, 1.54) is 0 Å². The summed E-state index contributed by atoms with van der Waals surface area (Å²) in [5, 5.41) is 2.90. The molecule has 8 heteroatoms. The third kappa shape index (κ3) is 4.75. The maximum absolute atomic E-state index is 13.3. The molecule has 1 aliphatic carbocycles. The Bertz CT molecular complexity index is 801. The minimum absolute atomic E-state index is 0.236. The van der Waals surface area contributed by atoms with Gasteiger partial charge in [0.25, 0.3) is 5.91 Å². The van der Waals surface area contributed by atoms with Gasteiger partial charge in [-0.2, -0.15) is 0 Å². The topological polar surface area (TPSA) is 82.2 Å². The lowest BCUT2D eigenvalue weighted by atomic mass is 9.77. The first kappa shape index (κ1) is 21.8. The number of hydrogen-bond donors (Lipinski definition) is 1. The largest absolute Gasteiger partial charge is 0.379 e. The molecule has 168 valence electrons. The molecule has 0 radical (unpaired) electrons. The molecule has 0 bridgehead atoms. The van der Waals surface area contributed by atoms with Crippen LogP contribution in [0.2, 0.25) is 0 Å². The molecule has 31 heavy (non-hydrogen) atoms. The fourth-order valence-electron chi connectivity index (χ4n) is 4.71. The molecule has 2 saturated heterocycles. The lowest BCUT2D eigenvalue weighted by Crippen LogP contribution is -2.50. The Morgan fingerprint density at radius 1 is 1.16 bits per heavy atom. The predicted octanol–water partition coefficient (Wildman–Crippen LogP) is 1.85. The Hall–Kier alpha value is -2.45. The van der Waals surface area contributed by atoms with Crippen molar-refractivity contribution in [3.63, 3.8) is 0 Å². The monoisotopic (exact) mass is 428 g/mol. The summed E-state index contributed by atoms with van der Waals surface area (Å²) in [6.07, 6.45) is 3.10. The van der Waals surface area contributed by atoms with Gasteiger partial charge in [-0.25, -0.2) is 4.79 Å². The summed E-state index contributed by atoms with van der Waals surface area (Å²) in [5.74, 6) is 0.0582. The van der Waals surface area contributed by atoms with E-state index in [4.69, 9.17) is 4.74 Å². The highest BCUT2D eigenvalue weighted by Gasteiger charge is 2.52. The van der Waals surface area contributed by atoms with Crippen LogP contribution in [-0.2, 0) is 14.3 Å². The molecular weight excluding hydrogens is 396 g/mol. The number of nitrogens with one attached hydrogen (secondary N) is 1. The summed E-state index contributed by atoms with van der Waals surface area (Å²) in [5.41, 5.74) is -0.0519. The van der Waals surface area contributed by atoms with E-state index in [1.807, 2.05) is 30.3 Å². The number of rotatable bonds is 6. The number of morpholine rings is 1. The van der Waals surface area contributed by atoms with Crippen LogP contribution >= 0.6 is 0 Å². The Morgan fingerprint density at radius 2 is 1.84 bits per heavy atom. The zero-order valence-corrected chi connectivity index (χ0v) is 18.2. The van der Waals surface area contributed by atoms with E-state index in [0.29, 0.717) is 45.1 Å². The molecule has 1 aromatic rings. The Labute approximate surface area is 183 Å². The standard InChI is InChI=1S/C23H32N4O4/c1-18-7-9-23(10-8-18)21(29)27(22(30)24-23)17-20(28)26(19-5-3-2-4-6-19)12-11-25-13-15-31-16-14-25/h2-6,18H,7-17H2,1H3,(H,24,30). The quantitative estimate of drug-likeness (QED) is 0.700. The van der Waals surface area contributed by atoms with Crippen molar-refractivity contribution in [2.24, 2.45) is 5.92 Å². The number of hydrogen-bond acceptors (Lipinski definition) is 5. The summed E-state index contributed by atoms with van der Waals surface area (Å²) in [7, 11) is 0. The highest BCUT2D eigenvalue weighted by molar-refractivity contribution is 6.10. The molecule has 0 unspecified atom stereocenters. The van der Waals surface area contributed by atoms with E-state index in [2.05, 4.69) is 17.1 Å². The van der Waals surface area contributed by atoms with Crippen molar-refractivity contribution in [1.29, 1.82) is 0 Å². The van der Waals surface area contributed by atoms with Crippen LogP contribution in [0.4, 0.5) is 10.5 Å². The second-order valence-corrected chi connectivity index (χ2v) is 8.92. The molecule has 4 amide bonds. The van der Waals surface area contributed by atoms with Gasteiger partial charge in [0, 0.05) is 31.9 Å². The van der Waals surface area contributed by atoms with Crippen molar-refractivity contribution in [3.8, 4) is 0 Å². The van der Waals surface area contributed by atoms with Crippen LogP contribution in [0.25, 0.3) is 0 Å². The number of amides is 4. The number of imide groups is 1. The summed E-state index contributed by atoms with van der Waals surface area (Å²) < 4.78 is 5.40. The number of nitrogens with zero attached hydrogens (tertiary/aromatic N) is 3. The van der Waals surface area contributed by atoms with Gasteiger partial charge in [0.05, 0.1) is 13.2 Å². The van der Waals surface area contributed by atoms with Gasteiger partial charge in [0.2, 0.25) is 5.91 Å². The van der Waals surface area contributed by atoms with E-state index >= 15 is 0 Å². The molecule has 8 nitrogen and oxygen atoms in total. The van der Waals surface area contributed by atoms with Crippen molar-refractivity contribution in [1.82, 2.24) is 15.1 Å². The van der Waals surface area contributed by atoms with Crippen LogP contribution in [0, 0.1) is 5.92 Å². The molecule has 1 aromatic carbocycles. The summed E-state index contributed by atoms with van der Waals surface area (Å²) >= 11 is 0. The smallest absolute Gasteiger partial charge is 0.325 e. The number of para-hydroxylation sites is 1. The molecule has 0 atom stereocenters. The molecule has 1 N–H and O–H groups in total. The molecular formula is C23H32N4O4. The highest BCUT2D eigenvalue weighted by atomic mass is 16.5. The highest BCUT2D eigenvalue weighted by Crippen LogP contribution is 2.36. The van der Waals surface area contributed by atoms with Crippen molar-refractivity contribution >= 4 is 23.5 Å². The lowest BCUT2D eigenvalue weighted by Gasteiger charge is -2.33. The van der Waals surface area contributed by atoms with Crippen LogP contribution in [0.5, 0.6) is 0 Å². The molecule has 4 rings (SSSR count). The van der Waals surface area contributed by atoms with E-state index in [1.54, 1.807) is 4.90 Å². The van der Waals surface area contributed by atoms with Gasteiger partial charge < -0.3 is 15.0 Å². The molecule has 0 aromatic heterocycles. The third-order valence-electron chi connectivity index (χ3n) is 6.78. The van der Waals surface area contributed by atoms with Gasteiger partial charge in [0.1, 0.15) is 12.1 Å². The molecule has 2 heterocycles. The van der Waals surface area contributed by atoms with Crippen LogP contribution in [0.15, 0.2) is 30.3 Å². The first-order valence-electron chi connectivity index (χ1n) is 11.3. The number of urea groups is 1. The summed E-state index contributed by atoms with van der Waals surface area (Å²) in [4.78, 5) is 44.1. The maximum atomic E-state index is 13.3. The van der Waals surface area contributed by atoms with Gasteiger partial charge in [-0.15, -0.1) is 0 Å². The Balaban J connectivity index is 1.45. The Kier molecular flexibility index (Phi) is 6.57. The lowest BCUT2D eigenvalue weighted by molar-refractivity contribution is -0.135. The SMILES string of the molecule is CC1CCC2(CC1)NC(=O)N(CC(=O)N(CCN1CCOCC1)c1ccccc1)C2=O. The molecule has 3 aliphatic rings. The molecule has 1 saturated carbocycles. The predicted molar refractivity (Wildman–Crippen MR) is 117 cm³/mol. The fourth-order valence-corrected chi connectivity index (χ4v) is 4.71. The van der Waals surface area contributed by atoms with Crippen molar-refractivity contribution in [2.45, 2.75) is 38.1 Å². The van der Waals surface area contributed by atoms with Crippen LogP contribution in [-0.4, -0.2) is 79.1 Å². The normalized spacial score (nSPS) is 26.9. The van der Waals surface area contributed by atoms with E-state index in [0.717, 1.165) is 36.5 Å². The van der Waals surface area contributed by atoms with Gasteiger partial charge in [-0.1, -0.05) is 25.1 Å². The number of ether oxygens (including phenoxy) is 1. The average Bonchev–Trinajstić information content (AvgIpc) is 3.01. The average molecular weight is 429 g/mol. The summed E-state index contributed by atoms with van der Waals surface area (Å²) in [6.45, 7) is 6.21. The van der Waals surface area contributed by atoms with Gasteiger partial charge >= 0.3 is 6.03 Å². The number of benzene rings is 1.